The maximum atomic E-state index is 12.5. The molecule has 0 saturated carbocycles. The maximum Gasteiger partial charge on any atom is 0.294 e. The number of phenolic OH excluding ortho intramolecular Hbond substituents is 2. The third kappa shape index (κ3) is 8.37. The van der Waals surface area contributed by atoms with E-state index in [4.69, 9.17) is 0 Å². The number of hydrogen-bond acceptors (Lipinski definition) is 10. The average molecular weight is 617 g/mol. The molecule has 2 aromatic carbocycles. The van der Waals surface area contributed by atoms with Crippen molar-refractivity contribution in [1.29, 1.82) is 0 Å². The summed E-state index contributed by atoms with van der Waals surface area (Å²) < 4.78 is 64.8. The number of benzene rings is 2. The van der Waals surface area contributed by atoms with E-state index in [1.807, 2.05) is 0 Å². The number of carbonyl (C=O) groups is 4. The summed E-state index contributed by atoms with van der Waals surface area (Å²) in [7, 11) is -7.19. The molecule has 0 spiro atoms. The molecular formula is C23H28N4O12S2. The van der Waals surface area contributed by atoms with Crippen LogP contribution in [0.25, 0.3) is 0 Å². The summed E-state index contributed by atoms with van der Waals surface area (Å²) in [5.41, 5.74) is -2.21. The molecule has 0 aliphatic carbocycles. The molecule has 18 heteroatoms. The molecule has 0 atom stereocenters. The van der Waals surface area contributed by atoms with Crippen LogP contribution in [0.3, 0.4) is 0 Å². The molecule has 0 bridgehead atoms. The second-order valence-corrected chi connectivity index (χ2v) is 11.3. The Bertz CT molecular complexity index is 1470. The van der Waals surface area contributed by atoms with E-state index in [1.54, 1.807) is 0 Å². The number of unbranched alkanes of at least 4 members (excludes halogenated alkanes) is 2. The highest BCUT2D eigenvalue weighted by molar-refractivity contribution is 7.86. The van der Waals surface area contributed by atoms with Crippen LogP contribution in [0.1, 0.15) is 60.7 Å². The fraction of sp³-hybridized carbons (Fsp3) is 0.304. The predicted octanol–water partition coefficient (Wildman–Crippen LogP) is -0.359. The Morgan fingerprint density at radius 1 is 0.585 bits per heavy atom. The zero-order chi connectivity index (χ0) is 31.1. The Morgan fingerprint density at radius 2 is 0.878 bits per heavy atom. The minimum absolute atomic E-state index is 0.0321. The molecule has 0 unspecified atom stereocenters. The van der Waals surface area contributed by atoms with Crippen LogP contribution in [0.4, 0.5) is 0 Å². The van der Waals surface area contributed by atoms with Crippen molar-refractivity contribution in [2.75, 3.05) is 27.2 Å². The predicted molar refractivity (Wildman–Crippen MR) is 141 cm³/mol. The molecule has 41 heavy (non-hydrogen) atoms. The van der Waals surface area contributed by atoms with Crippen LogP contribution in [-0.4, -0.2) is 87.0 Å². The van der Waals surface area contributed by atoms with Gasteiger partial charge in [0.1, 0.15) is 11.5 Å². The highest BCUT2D eigenvalue weighted by atomic mass is 32.2. The summed E-state index contributed by atoms with van der Waals surface area (Å²) >= 11 is 0. The molecule has 0 fully saturated rings. The van der Waals surface area contributed by atoms with E-state index >= 15 is 0 Å². The van der Waals surface area contributed by atoms with Crippen LogP contribution in [0.15, 0.2) is 34.1 Å². The summed E-state index contributed by atoms with van der Waals surface area (Å²) in [6, 6.07) is 2.85. The highest BCUT2D eigenvalue weighted by Gasteiger charge is 2.25. The van der Waals surface area contributed by atoms with E-state index in [0.717, 1.165) is 0 Å². The van der Waals surface area contributed by atoms with Crippen LogP contribution < -0.4 is 21.3 Å². The normalized spacial score (nSPS) is 11.4. The van der Waals surface area contributed by atoms with Crippen LogP contribution in [0.2, 0.25) is 0 Å². The molecule has 2 rings (SSSR count). The van der Waals surface area contributed by atoms with E-state index in [-0.39, 0.29) is 13.1 Å². The lowest BCUT2D eigenvalue weighted by Crippen LogP contribution is -2.27. The van der Waals surface area contributed by atoms with Gasteiger partial charge in [0.2, 0.25) is 0 Å². The first-order valence-corrected chi connectivity index (χ1v) is 14.6. The fourth-order valence-electron chi connectivity index (χ4n) is 3.50. The van der Waals surface area contributed by atoms with E-state index in [2.05, 4.69) is 21.3 Å². The van der Waals surface area contributed by atoms with E-state index in [0.29, 0.717) is 43.5 Å². The van der Waals surface area contributed by atoms with Crippen molar-refractivity contribution in [1.82, 2.24) is 21.3 Å². The molecule has 224 valence electrons. The summed E-state index contributed by atoms with van der Waals surface area (Å²) in [6.45, 7) is 0.0641. The van der Waals surface area contributed by atoms with Gasteiger partial charge >= 0.3 is 0 Å². The molecular weight excluding hydrogens is 588 g/mol. The summed E-state index contributed by atoms with van der Waals surface area (Å²) in [6.07, 6.45) is 1.10. The number of amides is 4. The highest BCUT2D eigenvalue weighted by Crippen LogP contribution is 2.28. The number of aromatic hydroxyl groups is 2. The van der Waals surface area contributed by atoms with Gasteiger partial charge in [-0.3, -0.25) is 28.3 Å². The van der Waals surface area contributed by atoms with Gasteiger partial charge in [-0.15, -0.1) is 0 Å². The Labute approximate surface area is 234 Å². The molecule has 0 aliphatic rings. The lowest BCUT2D eigenvalue weighted by atomic mass is 10.1. The third-order valence-electron chi connectivity index (χ3n) is 5.62. The molecule has 0 aliphatic heterocycles. The van der Waals surface area contributed by atoms with Crippen LogP contribution in [0.5, 0.6) is 11.5 Å². The smallest absolute Gasteiger partial charge is 0.294 e. The van der Waals surface area contributed by atoms with Gasteiger partial charge in [-0.2, -0.15) is 16.8 Å². The van der Waals surface area contributed by atoms with Gasteiger partial charge in [-0.25, -0.2) is 0 Å². The molecule has 0 aromatic heterocycles. The van der Waals surface area contributed by atoms with Crippen molar-refractivity contribution in [3.63, 3.8) is 0 Å². The fourth-order valence-corrected chi connectivity index (χ4v) is 4.56. The molecule has 8 N–H and O–H groups in total. The monoisotopic (exact) mass is 616 g/mol. The first kappa shape index (κ1) is 32.9. The van der Waals surface area contributed by atoms with Crippen LogP contribution in [-0.2, 0) is 20.2 Å². The Morgan fingerprint density at radius 3 is 1.15 bits per heavy atom. The zero-order valence-electron chi connectivity index (χ0n) is 21.7. The van der Waals surface area contributed by atoms with Crippen LogP contribution in [0, 0.1) is 0 Å². The number of phenols is 2. The summed E-state index contributed by atoms with van der Waals surface area (Å²) in [5.74, 6) is -5.23. The molecule has 0 heterocycles. The lowest BCUT2D eigenvalue weighted by molar-refractivity contribution is 0.0936. The lowest BCUT2D eigenvalue weighted by Gasteiger charge is -2.12. The molecule has 0 saturated heterocycles. The number of nitrogens with one attached hydrogen (secondary N) is 4. The number of rotatable bonds is 12. The van der Waals surface area contributed by atoms with Gasteiger partial charge in [0.05, 0.1) is 32.0 Å². The van der Waals surface area contributed by atoms with Crippen LogP contribution >= 0.6 is 0 Å². The second kappa shape index (κ2) is 13.4. The minimum atomic E-state index is -4.81. The van der Waals surface area contributed by atoms with Crippen molar-refractivity contribution in [2.45, 2.75) is 29.1 Å². The second-order valence-electron chi connectivity index (χ2n) is 8.41. The standard InChI is InChI=1S/C23H28N4O12S2/c1-24-20(30)14-8-12(40(34,35)36)10-16(18(14)28)22(32)26-6-4-3-5-7-27-23(33)17-11-13(41(37,38)39)9-15(19(17)29)21(31)25-2/h8-11,28-29H,3-7H2,1-2H3,(H,24,30)(H,25,31)(H,26,32)(H,27,33)(H,34,35,36)(H,37,38,39). The number of hydrogen-bond donors (Lipinski definition) is 8. The SMILES string of the molecule is CNC(=O)c1cc(S(=O)(=O)O)cc(C(=O)NCCCCCNC(=O)c2cc(S(=O)(=O)O)cc(C(=O)NC)c2O)c1O. The molecule has 4 amide bonds. The Balaban J connectivity index is 1.98. The largest absolute Gasteiger partial charge is 0.506 e. The van der Waals surface area contributed by atoms with Gasteiger partial charge < -0.3 is 31.5 Å². The Hall–Kier alpha value is -4.26. The minimum Gasteiger partial charge on any atom is -0.506 e. The summed E-state index contributed by atoms with van der Waals surface area (Å²) in [5, 5.41) is 29.8. The van der Waals surface area contributed by atoms with Crippen molar-refractivity contribution in [3.8, 4) is 11.5 Å². The topological polar surface area (TPSA) is 266 Å². The van der Waals surface area contributed by atoms with Gasteiger partial charge in [-0.05, 0) is 43.5 Å². The number of carbonyl (C=O) groups excluding carboxylic acids is 4. The van der Waals surface area contributed by atoms with Gasteiger partial charge in [0.25, 0.3) is 43.9 Å². The van der Waals surface area contributed by atoms with Crippen molar-refractivity contribution >= 4 is 43.9 Å². The average Bonchev–Trinajstić information content (AvgIpc) is 2.90. The zero-order valence-corrected chi connectivity index (χ0v) is 23.3. The van der Waals surface area contributed by atoms with Gasteiger partial charge in [0.15, 0.2) is 0 Å². The summed E-state index contributed by atoms with van der Waals surface area (Å²) in [4.78, 5) is 47.4. The van der Waals surface area contributed by atoms with E-state index in [1.165, 1.54) is 14.1 Å². The first-order valence-electron chi connectivity index (χ1n) is 11.7. The molecule has 0 radical (unpaired) electrons. The maximum absolute atomic E-state index is 12.5. The van der Waals surface area contributed by atoms with E-state index < -0.39 is 87.4 Å². The quantitative estimate of drug-likeness (QED) is 0.112. The van der Waals surface area contributed by atoms with Crippen molar-refractivity contribution in [3.05, 3.63) is 46.5 Å². The Kier molecular flexibility index (Phi) is 10.8. The van der Waals surface area contributed by atoms with Crippen molar-refractivity contribution < 1.29 is 55.3 Å². The van der Waals surface area contributed by atoms with Gasteiger partial charge in [-0.1, -0.05) is 0 Å². The third-order valence-corrected chi connectivity index (χ3v) is 7.28. The first-order chi connectivity index (χ1) is 19.0. The van der Waals surface area contributed by atoms with Crippen molar-refractivity contribution in [2.24, 2.45) is 0 Å². The molecule has 2 aromatic rings. The van der Waals surface area contributed by atoms with E-state index in [9.17, 15) is 55.3 Å². The van der Waals surface area contributed by atoms with Gasteiger partial charge in [0, 0.05) is 27.2 Å². The molecule has 16 nitrogen and oxygen atoms in total.